The van der Waals surface area contributed by atoms with E-state index < -0.39 is 0 Å². The van der Waals surface area contributed by atoms with E-state index in [1.165, 1.54) is 55.3 Å². The van der Waals surface area contributed by atoms with Crippen molar-refractivity contribution in [3.8, 4) is 33.4 Å². The minimum atomic E-state index is -0.0288. The molecule has 0 unspecified atom stereocenters. The zero-order chi connectivity index (χ0) is 21.9. The first kappa shape index (κ1) is 19.5. The normalized spacial score (nSPS) is 13.7. The fourth-order valence-electron chi connectivity index (χ4n) is 5.15. The molecule has 0 fully saturated rings. The SMILES string of the molecule is CC1(C)c2cc(-c3cc(Br)cc(-c4ccccc4)c3)ccc2-c2cc3ccccc3cc21. The first-order valence-electron chi connectivity index (χ1n) is 11.1. The van der Waals surface area contributed by atoms with Crippen molar-refractivity contribution < 1.29 is 0 Å². The highest BCUT2D eigenvalue weighted by Gasteiger charge is 2.35. The molecule has 0 amide bonds. The lowest BCUT2D eigenvalue weighted by molar-refractivity contribution is 0.661. The molecule has 0 saturated carbocycles. The van der Waals surface area contributed by atoms with E-state index in [0.717, 1.165) is 4.47 Å². The molecule has 1 aliphatic rings. The molecule has 0 radical (unpaired) electrons. The summed E-state index contributed by atoms with van der Waals surface area (Å²) in [4.78, 5) is 0. The fourth-order valence-corrected chi connectivity index (χ4v) is 5.65. The highest BCUT2D eigenvalue weighted by Crippen LogP contribution is 2.50. The lowest BCUT2D eigenvalue weighted by atomic mass is 9.81. The summed E-state index contributed by atoms with van der Waals surface area (Å²) in [5.41, 5.74) is 10.5. The quantitative estimate of drug-likeness (QED) is 0.239. The Morgan fingerprint density at radius 1 is 0.500 bits per heavy atom. The molecule has 0 aliphatic heterocycles. The van der Waals surface area contributed by atoms with Crippen molar-refractivity contribution in [2.24, 2.45) is 0 Å². The van der Waals surface area contributed by atoms with Crippen LogP contribution in [-0.2, 0) is 5.41 Å². The van der Waals surface area contributed by atoms with E-state index in [2.05, 4.69) is 133 Å². The Hall–Kier alpha value is -3.16. The molecule has 6 rings (SSSR count). The summed E-state index contributed by atoms with van der Waals surface area (Å²) < 4.78 is 1.10. The largest absolute Gasteiger partial charge is 0.0622 e. The summed E-state index contributed by atoms with van der Waals surface area (Å²) in [6, 6.07) is 37.7. The first-order valence-corrected chi connectivity index (χ1v) is 11.8. The van der Waals surface area contributed by atoms with Crippen LogP contribution >= 0.6 is 15.9 Å². The van der Waals surface area contributed by atoms with Crippen LogP contribution in [0.4, 0.5) is 0 Å². The van der Waals surface area contributed by atoms with Gasteiger partial charge < -0.3 is 0 Å². The summed E-state index contributed by atoms with van der Waals surface area (Å²) in [5.74, 6) is 0. The van der Waals surface area contributed by atoms with Gasteiger partial charge in [0.1, 0.15) is 0 Å². The van der Waals surface area contributed by atoms with Gasteiger partial charge in [-0.2, -0.15) is 0 Å². The Morgan fingerprint density at radius 2 is 1.12 bits per heavy atom. The zero-order valence-corrected chi connectivity index (χ0v) is 19.8. The summed E-state index contributed by atoms with van der Waals surface area (Å²) in [6.07, 6.45) is 0. The summed E-state index contributed by atoms with van der Waals surface area (Å²) in [5, 5.41) is 2.62. The van der Waals surface area contributed by atoms with Crippen LogP contribution in [0.1, 0.15) is 25.0 Å². The van der Waals surface area contributed by atoms with Gasteiger partial charge in [0, 0.05) is 9.89 Å². The van der Waals surface area contributed by atoms with Crippen LogP contribution in [0.3, 0.4) is 0 Å². The number of hydrogen-bond donors (Lipinski definition) is 0. The van der Waals surface area contributed by atoms with Gasteiger partial charge in [0.25, 0.3) is 0 Å². The van der Waals surface area contributed by atoms with Crippen molar-refractivity contribution in [3.63, 3.8) is 0 Å². The van der Waals surface area contributed by atoms with Gasteiger partial charge in [0.05, 0.1) is 0 Å². The number of benzene rings is 5. The number of rotatable bonds is 2. The number of fused-ring (bicyclic) bond motifs is 4. The maximum Gasteiger partial charge on any atom is 0.0187 e. The average molecular weight is 475 g/mol. The van der Waals surface area contributed by atoms with Gasteiger partial charge in [-0.1, -0.05) is 96.5 Å². The van der Waals surface area contributed by atoms with Crippen molar-refractivity contribution in [2.45, 2.75) is 19.3 Å². The monoisotopic (exact) mass is 474 g/mol. The molecule has 0 nitrogen and oxygen atoms in total. The average Bonchev–Trinajstić information content (AvgIpc) is 3.04. The molecule has 0 aromatic heterocycles. The molecule has 1 heteroatoms. The fraction of sp³-hybridized carbons (Fsp3) is 0.0968. The van der Waals surface area contributed by atoms with Crippen molar-refractivity contribution in [3.05, 3.63) is 119 Å². The topological polar surface area (TPSA) is 0 Å². The van der Waals surface area contributed by atoms with Gasteiger partial charge in [-0.3, -0.25) is 0 Å². The highest BCUT2D eigenvalue weighted by atomic mass is 79.9. The van der Waals surface area contributed by atoms with Crippen LogP contribution in [0.25, 0.3) is 44.2 Å². The molecule has 154 valence electrons. The van der Waals surface area contributed by atoms with E-state index in [-0.39, 0.29) is 5.41 Å². The highest BCUT2D eigenvalue weighted by molar-refractivity contribution is 9.10. The molecule has 0 saturated heterocycles. The predicted octanol–water partition coefficient (Wildman–Crippen LogP) is 9.24. The van der Waals surface area contributed by atoms with Crippen molar-refractivity contribution in [1.29, 1.82) is 0 Å². The van der Waals surface area contributed by atoms with Crippen LogP contribution in [0.15, 0.2) is 108 Å². The molecule has 5 aromatic carbocycles. The van der Waals surface area contributed by atoms with E-state index in [0.29, 0.717) is 0 Å². The van der Waals surface area contributed by atoms with E-state index in [9.17, 15) is 0 Å². The summed E-state index contributed by atoms with van der Waals surface area (Å²) in [6.45, 7) is 4.71. The van der Waals surface area contributed by atoms with Crippen molar-refractivity contribution in [1.82, 2.24) is 0 Å². The second kappa shape index (κ2) is 7.18. The van der Waals surface area contributed by atoms with E-state index in [4.69, 9.17) is 0 Å². The van der Waals surface area contributed by atoms with Crippen LogP contribution in [0.5, 0.6) is 0 Å². The maximum absolute atomic E-state index is 3.74. The van der Waals surface area contributed by atoms with Crippen molar-refractivity contribution >= 4 is 26.7 Å². The molecule has 0 heterocycles. The van der Waals surface area contributed by atoms with Crippen LogP contribution in [0.2, 0.25) is 0 Å². The molecule has 0 atom stereocenters. The van der Waals surface area contributed by atoms with Crippen LogP contribution in [0, 0.1) is 0 Å². The molecule has 0 N–H and O–H groups in total. The molecule has 0 spiro atoms. The molecule has 0 bridgehead atoms. The maximum atomic E-state index is 3.74. The second-order valence-corrected chi connectivity index (χ2v) is 10.1. The summed E-state index contributed by atoms with van der Waals surface area (Å²) >= 11 is 3.74. The zero-order valence-electron chi connectivity index (χ0n) is 18.2. The molecular weight excluding hydrogens is 452 g/mol. The van der Waals surface area contributed by atoms with Gasteiger partial charge >= 0.3 is 0 Å². The van der Waals surface area contributed by atoms with E-state index in [1.807, 2.05) is 0 Å². The van der Waals surface area contributed by atoms with E-state index in [1.54, 1.807) is 0 Å². The van der Waals surface area contributed by atoms with Crippen LogP contribution < -0.4 is 0 Å². The van der Waals surface area contributed by atoms with Gasteiger partial charge in [0.15, 0.2) is 0 Å². The summed E-state index contributed by atoms with van der Waals surface area (Å²) in [7, 11) is 0. The third-order valence-corrected chi connectivity index (χ3v) is 7.34. The molecule has 1 aliphatic carbocycles. The smallest absolute Gasteiger partial charge is 0.0187 e. The molecule has 5 aromatic rings. The van der Waals surface area contributed by atoms with Gasteiger partial charge in [-0.25, -0.2) is 0 Å². The minimum Gasteiger partial charge on any atom is -0.0622 e. The molecular formula is C31H23Br. The standard InChI is InChI=1S/C31H23Br/c1-31(2)29-19-23(25-14-24(15-26(32)16-25)20-8-4-3-5-9-20)12-13-27(29)28-17-21-10-6-7-11-22(21)18-30(28)31/h3-19H,1-2H3. The Labute approximate surface area is 197 Å². The Kier molecular flexibility index (Phi) is 4.38. The Balaban J connectivity index is 1.51. The Bertz CT molecular complexity index is 1490. The van der Waals surface area contributed by atoms with Crippen molar-refractivity contribution in [2.75, 3.05) is 0 Å². The van der Waals surface area contributed by atoms with Gasteiger partial charge in [-0.05, 0) is 91.7 Å². The molecule has 32 heavy (non-hydrogen) atoms. The van der Waals surface area contributed by atoms with Gasteiger partial charge in [-0.15, -0.1) is 0 Å². The number of hydrogen-bond acceptors (Lipinski definition) is 0. The minimum absolute atomic E-state index is 0.0288. The second-order valence-electron chi connectivity index (χ2n) is 9.22. The first-order chi connectivity index (χ1) is 15.5. The third kappa shape index (κ3) is 3.04. The lowest BCUT2D eigenvalue weighted by Gasteiger charge is -2.22. The van der Waals surface area contributed by atoms with E-state index >= 15 is 0 Å². The van der Waals surface area contributed by atoms with Gasteiger partial charge in [0.2, 0.25) is 0 Å². The lowest BCUT2D eigenvalue weighted by Crippen LogP contribution is -2.15. The Morgan fingerprint density at radius 3 is 1.88 bits per heavy atom. The van der Waals surface area contributed by atoms with Crippen LogP contribution in [-0.4, -0.2) is 0 Å². The third-order valence-electron chi connectivity index (χ3n) is 6.88. The number of halogens is 1. The predicted molar refractivity (Wildman–Crippen MR) is 140 cm³/mol.